The Morgan fingerprint density at radius 2 is 1.68 bits per heavy atom. The molecule has 0 radical (unpaired) electrons. The van der Waals surface area contributed by atoms with Gasteiger partial charge < -0.3 is 9.47 Å². The van der Waals surface area contributed by atoms with Crippen LogP contribution in [0.25, 0.3) is 17.3 Å². The van der Waals surface area contributed by atoms with Gasteiger partial charge in [-0.25, -0.2) is 9.59 Å². The summed E-state index contributed by atoms with van der Waals surface area (Å²) in [6.45, 7) is 0. The van der Waals surface area contributed by atoms with Crippen LogP contribution in [0.4, 0.5) is 0 Å². The monoisotopic (exact) mass is 298 g/mol. The second kappa shape index (κ2) is 7.12. The maximum absolute atomic E-state index is 11.4. The van der Waals surface area contributed by atoms with E-state index in [1.807, 2.05) is 0 Å². The summed E-state index contributed by atoms with van der Waals surface area (Å²) in [4.78, 5) is 31.1. The van der Waals surface area contributed by atoms with Crippen LogP contribution in [0, 0.1) is 0 Å². The molecule has 0 bridgehead atoms. The largest absolute Gasteiger partial charge is 0.466 e. The van der Waals surface area contributed by atoms with Gasteiger partial charge in [-0.3, -0.25) is 9.97 Å². The highest BCUT2D eigenvalue weighted by Gasteiger charge is 2.09. The lowest BCUT2D eigenvalue weighted by molar-refractivity contribution is -0.134. The van der Waals surface area contributed by atoms with E-state index in [1.54, 1.807) is 30.5 Å². The molecule has 0 fully saturated rings. The summed E-state index contributed by atoms with van der Waals surface area (Å²) in [5.41, 5.74) is 2.34. The highest BCUT2D eigenvalue weighted by atomic mass is 16.5. The van der Waals surface area contributed by atoms with Gasteiger partial charge in [0.1, 0.15) is 0 Å². The number of hydrogen-bond acceptors (Lipinski definition) is 6. The van der Waals surface area contributed by atoms with E-state index in [0.717, 1.165) is 5.56 Å². The fraction of sp³-hybridized carbons (Fsp3) is 0.125. The number of ether oxygens (including phenoxy) is 2. The van der Waals surface area contributed by atoms with E-state index in [9.17, 15) is 9.59 Å². The molecule has 0 spiro atoms. The van der Waals surface area contributed by atoms with Crippen molar-refractivity contribution in [2.24, 2.45) is 0 Å². The molecule has 1 aromatic carbocycles. The molecule has 0 atom stereocenters. The van der Waals surface area contributed by atoms with E-state index in [2.05, 4.69) is 19.4 Å². The van der Waals surface area contributed by atoms with Gasteiger partial charge in [0.05, 0.1) is 31.2 Å². The van der Waals surface area contributed by atoms with Crippen molar-refractivity contribution in [2.45, 2.75) is 0 Å². The molecule has 2 rings (SSSR count). The summed E-state index contributed by atoms with van der Waals surface area (Å²) < 4.78 is 9.20. The van der Waals surface area contributed by atoms with Crippen LogP contribution in [-0.4, -0.2) is 36.1 Å². The summed E-state index contributed by atoms with van der Waals surface area (Å²) >= 11 is 0. The summed E-state index contributed by atoms with van der Waals surface area (Å²) in [5, 5.41) is 0. The van der Waals surface area contributed by atoms with Crippen molar-refractivity contribution in [3.63, 3.8) is 0 Å². The standard InChI is InChI=1S/C16H14N2O4/c1-21-14(19)8-7-13-15(18-10-9-17-13)11-3-5-12(6-4-11)16(20)22-2/h3-10H,1-2H3. The first-order chi connectivity index (χ1) is 10.7. The molecule has 0 unspecified atom stereocenters. The van der Waals surface area contributed by atoms with Crippen molar-refractivity contribution in [3.8, 4) is 11.3 Å². The normalized spacial score (nSPS) is 10.5. The van der Waals surface area contributed by atoms with E-state index >= 15 is 0 Å². The van der Waals surface area contributed by atoms with Gasteiger partial charge in [0.15, 0.2) is 0 Å². The number of carbonyl (C=O) groups excluding carboxylic acids is 2. The Morgan fingerprint density at radius 3 is 2.32 bits per heavy atom. The number of esters is 2. The fourth-order valence-corrected chi connectivity index (χ4v) is 1.79. The molecule has 6 heteroatoms. The van der Waals surface area contributed by atoms with Gasteiger partial charge in [-0.2, -0.15) is 0 Å². The Bertz CT molecular complexity index is 708. The van der Waals surface area contributed by atoms with Gasteiger partial charge in [0.25, 0.3) is 0 Å². The molecule has 1 heterocycles. The smallest absolute Gasteiger partial charge is 0.337 e. The van der Waals surface area contributed by atoms with E-state index < -0.39 is 11.9 Å². The molecule has 0 amide bonds. The van der Waals surface area contributed by atoms with E-state index in [-0.39, 0.29) is 0 Å². The maximum Gasteiger partial charge on any atom is 0.337 e. The van der Waals surface area contributed by atoms with Crippen LogP contribution in [0.2, 0.25) is 0 Å². The van der Waals surface area contributed by atoms with Crippen molar-refractivity contribution >= 4 is 18.0 Å². The topological polar surface area (TPSA) is 78.4 Å². The molecule has 0 aliphatic carbocycles. The van der Waals surface area contributed by atoms with Crippen LogP contribution >= 0.6 is 0 Å². The van der Waals surface area contributed by atoms with Gasteiger partial charge in [0, 0.05) is 24.0 Å². The minimum Gasteiger partial charge on any atom is -0.466 e. The average Bonchev–Trinajstić information content (AvgIpc) is 2.59. The average molecular weight is 298 g/mol. The third kappa shape index (κ3) is 3.54. The van der Waals surface area contributed by atoms with Crippen molar-refractivity contribution in [1.82, 2.24) is 9.97 Å². The second-order valence-electron chi connectivity index (χ2n) is 4.22. The van der Waals surface area contributed by atoms with Gasteiger partial charge in [-0.15, -0.1) is 0 Å². The number of benzene rings is 1. The first kappa shape index (κ1) is 15.4. The lowest BCUT2D eigenvalue weighted by Gasteiger charge is -2.05. The lowest BCUT2D eigenvalue weighted by Crippen LogP contribution is -2.01. The number of methoxy groups -OCH3 is 2. The van der Waals surface area contributed by atoms with Gasteiger partial charge in [0.2, 0.25) is 0 Å². The highest BCUT2D eigenvalue weighted by molar-refractivity contribution is 5.90. The van der Waals surface area contributed by atoms with Gasteiger partial charge >= 0.3 is 11.9 Å². The van der Waals surface area contributed by atoms with Crippen LogP contribution in [0.1, 0.15) is 16.1 Å². The molecule has 0 aliphatic heterocycles. The zero-order valence-electron chi connectivity index (χ0n) is 12.1. The Labute approximate surface area is 127 Å². The Hall–Kier alpha value is -3.02. The third-order valence-electron chi connectivity index (χ3n) is 2.88. The number of rotatable bonds is 4. The quantitative estimate of drug-likeness (QED) is 0.635. The molecular formula is C16H14N2O4. The first-order valence-electron chi connectivity index (χ1n) is 6.41. The Kier molecular flexibility index (Phi) is 4.98. The fourth-order valence-electron chi connectivity index (χ4n) is 1.79. The summed E-state index contributed by atoms with van der Waals surface area (Å²) in [5.74, 6) is -0.880. The summed E-state index contributed by atoms with van der Waals surface area (Å²) in [7, 11) is 2.63. The van der Waals surface area contributed by atoms with Crippen LogP contribution in [0.15, 0.2) is 42.7 Å². The SMILES string of the molecule is COC(=O)C=Cc1nccnc1-c1ccc(C(=O)OC)cc1. The Morgan fingerprint density at radius 1 is 1.00 bits per heavy atom. The zero-order valence-corrected chi connectivity index (χ0v) is 12.1. The second-order valence-corrected chi connectivity index (χ2v) is 4.22. The van der Waals surface area contributed by atoms with Crippen LogP contribution in [0.5, 0.6) is 0 Å². The molecule has 0 aliphatic rings. The minimum absolute atomic E-state index is 0.406. The van der Waals surface area contributed by atoms with Gasteiger partial charge in [-0.1, -0.05) is 12.1 Å². The zero-order chi connectivity index (χ0) is 15.9. The van der Waals surface area contributed by atoms with E-state index in [1.165, 1.54) is 32.6 Å². The van der Waals surface area contributed by atoms with Crippen molar-refractivity contribution in [1.29, 1.82) is 0 Å². The predicted octanol–water partition coefficient (Wildman–Crippen LogP) is 2.12. The van der Waals surface area contributed by atoms with Crippen LogP contribution < -0.4 is 0 Å². The number of carbonyl (C=O) groups is 2. The molecule has 0 N–H and O–H groups in total. The minimum atomic E-state index is -0.474. The molecule has 6 nitrogen and oxygen atoms in total. The Balaban J connectivity index is 2.34. The predicted molar refractivity (Wildman–Crippen MR) is 79.9 cm³/mol. The highest BCUT2D eigenvalue weighted by Crippen LogP contribution is 2.21. The summed E-state index contributed by atoms with van der Waals surface area (Å²) in [6, 6.07) is 6.77. The van der Waals surface area contributed by atoms with E-state index in [0.29, 0.717) is 17.0 Å². The lowest BCUT2D eigenvalue weighted by atomic mass is 10.1. The molecule has 0 saturated carbocycles. The number of nitrogens with zero attached hydrogens (tertiary/aromatic N) is 2. The first-order valence-corrected chi connectivity index (χ1v) is 6.41. The number of hydrogen-bond donors (Lipinski definition) is 0. The van der Waals surface area contributed by atoms with Crippen molar-refractivity contribution < 1.29 is 19.1 Å². The molecule has 0 saturated heterocycles. The van der Waals surface area contributed by atoms with Crippen LogP contribution in [0.3, 0.4) is 0 Å². The molecule has 2 aromatic rings. The molecular weight excluding hydrogens is 284 g/mol. The maximum atomic E-state index is 11.4. The number of aromatic nitrogens is 2. The van der Waals surface area contributed by atoms with Crippen LogP contribution in [-0.2, 0) is 14.3 Å². The molecule has 112 valence electrons. The van der Waals surface area contributed by atoms with Gasteiger partial charge in [-0.05, 0) is 18.2 Å². The van der Waals surface area contributed by atoms with Crippen molar-refractivity contribution in [3.05, 3.63) is 54.0 Å². The van der Waals surface area contributed by atoms with Crippen molar-refractivity contribution in [2.75, 3.05) is 14.2 Å². The molecule has 1 aromatic heterocycles. The molecule has 22 heavy (non-hydrogen) atoms. The summed E-state index contributed by atoms with van der Waals surface area (Å²) in [6.07, 6.45) is 5.89. The third-order valence-corrected chi connectivity index (χ3v) is 2.88. The van der Waals surface area contributed by atoms with E-state index in [4.69, 9.17) is 0 Å².